The molecule has 1 saturated heterocycles. The second kappa shape index (κ2) is 5.35. The highest BCUT2D eigenvalue weighted by Gasteiger charge is 2.25. The zero-order valence-electron chi connectivity index (χ0n) is 11.1. The van der Waals surface area contributed by atoms with Crippen LogP contribution in [0.5, 0.6) is 0 Å². The zero-order valence-corrected chi connectivity index (χ0v) is 12.7. The van der Waals surface area contributed by atoms with Crippen molar-refractivity contribution in [1.82, 2.24) is 5.32 Å². The molecular formula is C14H14ClNO4S. The van der Waals surface area contributed by atoms with Crippen LogP contribution >= 0.6 is 11.6 Å². The lowest BCUT2D eigenvalue weighted by Crippen LogP contribution is -2.40. The maximum Gasteiger partial charge on any atom is 0.287 e. The summed E-state index contributed by atoms with van der Waals surface area (Å²) in [6.07, 6.45) is 0.889. The summed E-state index contributed by atoms with van der Waals surface area (Å²) in [5, 5.41) is 4.16. The number of hydrogen-bond donors (Lipinski definition) is 1. The smallest absolute Gasteiger partial charge is 0.287 e. The number of benzene rings is 1. The Balaban J connectivity index is 1.72. The van der Waals surface area contributed by atoms with Crippen LogP contribution in [0.15, 0.2) is 28.7 Å². The van der Waals surface area contributed by atoms with E-state index in [1.54, 1.807) is 24.3 Å². The van der Waals surface area contributed by atoms with Gasteiger partial charge in [0.15, 0.2) is 5.76 Å². The van der Waals surface area contributed by atoms with Crippen LogP contribution < -0.4 is 5.32 Å². The SMILES string of the molecule is O=C(NC1CCS(=O)(=O)CC1)c1cc2cc(Cl)ccc2o1. The van der Waals surface area contributed by atoms with Crippen molar-refractivity contribution in [3.05, 3.63) is 35.0 Å². The molecule has 2 heterocycles. The molecule has 0 unspecified atom stereocenters. The van der Waals surface area contributed by atoms with Crippen molar-refractivity contribution >= 4 is 38.3 Å². The molecular weight excluding hydrogens is 314 g/mol. The fraction of sp³-hybridized carbons (Fsp3) is 0.357. The minimum absolute atomic E-state index is 0.119. The van der Waals surface area contributed by atoms with E-state index in [-0.39, 0.29) is 29.2 Å². The summed E-state index contributed by atoms with van der Waals surface area (Å²) < 4.78 is 28.2. The molecule has 1 aromatic heterocycles. The summed E-state index contributed by atoms with van der Waals surface area (Å²) in [4.78, 5) is 12.1. The number of carbonyl (C=O) groups excluding carboxylic acids is 1. The van der Waals surface area contributed by atoms with Crippen LogP contribution in [-0.4, -0.2) is 31.9 Å². The van der Waals surface area contributed by atoms with Gasteiger partial charge in [-0.3, -0.25) is 4.79 Å². The van der Waals surface area contributed by atoms with Gasteiger partial charge in [-0.05, 0) is 37.1 Å². The summed E-state index contributed by atoms with van der Waals surface area (Å²) in [5.74, 6) is 0.119. The van der Waals surface area contributed by atoms with E-state index < -0.39 is 9.84 Å². The largest absolute Gasteiger partial charge is 0.451 e. The molecule has 0 aliphatic carbocycles. The molecule has 112 valence electrons. The van der Waals surface area contributed by atoms with Crippen molar-refractivity contribution in [3.63, 3.8) is 0 Å². The minimum Gasteiger partial charge on any atom is -0.451 e. The molecule has 5 nitrogen and oxygen atoms in total. The highest BCUT2D eigenvalue weighted by atomic mass is 35.5. The van der Waals surface area contributed by atoms with E-state index in [0.29, 0.717) is 23.4 Å². The van der Waals surface area contributed by atoms with Crippen LogP contribution in [0.2, 0.25) is 5.02 Å². The maximum absolute atomic E-state index is 12.1. The Hall–Kier alpha value is -1.53. The molecule has 0 bridgehead atoms. The second-order valence-electron chi connectivity index (χ2n) is 5.19. The van der Waals surface area contributed by atoms with Gasteiger partial charge in [0.25, 0.3) is 5.91 Å². The van der Waals surface area contributed by atoms with E-state index in [1.165, 1.54) is 0 Å². The summed E-state index contributed by atoms with van der Waals surface area (Å²) in [7, 11) is -2.93. The highest BCUT2D eigenvalue weighted by molar-refractivity contribution is 7.91. The first-order chi connectivity index (χ1) is 9.93. The number of fused-ring (bicyclic) bond motifs is 1. The molecule has 1 fully saturated rings. The van der Waals surface area contributed by atoms with Gasteiger partial charge in [-0.15, -0.1) is 0 Å². The Morgan fingerprint density at radius 3 is 2.67 bits per heavy atom. The van der Waals surface area contributed by atoms with Crippen molar-refractivity contribution < 1.29 is 17.6 Å². The topological polar surface area (TPSA) is 76.4 Å². The third-order valence-electron chi connectivity index (χ3n) is 3.59. The van der Waals surface area contributed by atoms with Gasteiger partial charge in [-0.1, -0.05) is 11.6 Å². The molecule has 0 radical (unpaired) electrons. The average Bonchev–Trinajstić information content (AvgIpc) is 2.84. The lowest BCUT2D eigenvalue weighted by Gasteiger charge is -2.22. The molecule has 1 N–H and O–H groups in total. The van der Waals surface area contributed by atoms with Gasteiger partial charge in [0.1, 0.15) is 15.4 Å². The summed E-state index contributed by atoms with van der Waals surface area (Å²) in [5.41, 5.74) is 0.593. The first-order valence-electron chi connectivity index (χ1n) is 6.63. The van der Waals surface area contributed by atoms with Crippen molar-refractivity contribution in [3.8, 4) is 0 Å². The van der Waals surface area contributed by atoms with Crippen molar-refractivity contribution in [2.75, 3.05) is 11.5 Å². The van der Waals surface area contributed by atoms with Crippen molar-refractivity contribution in [1.29, 1.82) is 0 Å². The molecule has 2 aromatic rings. The van der Waals surface area contributed by atoms with Gasteiger partial charge < -0.3 is 9.73 Å². The molecule has 1 amide bonds. The molecule has 1 aliphatic rings. The van der Waals surface area contributed by atoms with Crippen LogP contribution in [0.3, 0.4) is 0 Å². The number of sulfone groups is 1. The van der Waals surface area contributed by atoms with Gasteiger partial charge >= 0.3 is 0 Å². The number of halogens is 1. The Morgan fingerprint density at radius 1 is 1.24 bits per heavy atom. The van der Waals surface area contributed by atoms with Crippen LogP contribution in [-0.2, 0) is 9.84 Å². The normalized spacial score (nSPS) is 18.7. The zero-order chi connectivity index (χ0) is 15.0. The molecule has 7 heteroatoms. The molecule has 1 aromatic carbocycles. The third-order valence-corrected chi connectivity index (χ3v) is 5.54. The number of amides is 1. The first-order valence-corrected chi connectivity index (χ1v) is 8.83. The van der Waals surface area contributed by atoms with Gasteiger partial charge in [0.2, 0.25) is 0 Å². The van der Waals surface area contributed by atoms with E-state index in [2.05, 4.69) is 5.32 Å². The van der Waals surface area contributed by atoms with E-state index in [0.717, 1.165) is 5.39 Å². The molecule has 0 spiro atoms. The fourth-order valence-electron chi connectivity index (χ4n) is 2.42. The predicted molar refractivity (Wildman–Crippen MR) is 80.4 cm³/mol. The lowest BCUT2D eigenvalue weighted by molar-refractivity contribution is 0.0908. The standard InChI is InChI=1S/C14H14ClNO4S/c15-10-1-2-12-9(7-10)8-13(20-12)14(17)16-11-3-5-21(18,19)6-4-11/h1-2,7-8,11H,3-6H2,(H,16,17). The van der Waals surface area contributed by atoms with Crippen LogP contribution in [0.25, 0.3) is 11.0 Å². The highest BCUT2D eigenvalue weighted by Crippen LogP contribution is 2.23. The van der Waals surface area contributed by atoms with Crippen LogP contribution in [0.4, 0.5) is 0 Å². The van der Waals surface area contributed by atoms with Crippen molar-refractivity contribution in [2.24, 2.45) is 0 Å². The summed E-state index contributed by atoms with van der Waals surface area (Å²) >= 11 is 5.89. The van der Waals surface area contributed by atoms with E-state index >= 15 is 0 Å². The Labute approximate surface area is 127 Å². The minimum atomic E-state index is -2.93. The van der Waals surface area contributed by atoms with E-state index in [9.17, 15) is 13.2 Å². The number of furan rings is 1. The number of hydrogen-bond acceptors (Lipinski definition) is 4. The molecule has 1 aliphatic heterocycles. The molecule has 21 heavy (non-hydrogen) atoms. The van der Waals surface area contributed by atoms with Gasteiger partial charge in [-0.2, -0.15) is 0 Å². The average molecular weight is 328 g/mol. The van der Waals surface area contributed by atoms with E-state index in [4.69, 9.17) is 16.0 Å². The quantitative estimate of drug-likeness (QED) is 0.918. The summed E-state index contributed by atoms with van der Waals surface area (Å²) in [6.45, 7) is 0. The lowest BCUT2D eigenvalue weighted by atomic mass is 10.1. The summed E-state index contributed by atoms with van der Waals surface area (Å²) in [6, 6.07) is 6.64. The number of nitrogens with one attached hydrogen (secondary N) is 1. The Bertz CT molecular complexity index is 782. The third kappa shape index (κ3) is 3.22. The molecule has 3 rings (SSSR count). The van der Waals surface area contributed by atoms with E-state index in [1.807, 2.05) is 0 Å². The number of carbonyl (C=O) groups is 1. The Kier molecular flexibility index (Phi) is 3.67. The van der Waals surface area contributed by atoms with Crippen LogP contribution in [0, 0.1) is 0 Å². The second-order valence-corrected chi connectivity index (χ2v) is 7.93. The molecule has 0 saturated carbocycles. The predicted octanol–water partition coefficient (Wildman–Crippen LogP) is 2.39. The van der Waals surface area contributed by atoms with Gasteiger partial charge in [-0.25, -0.2) is 8.42 Å². The molecule has 0 atom stereocenters. The first kappa shape index (κ1) is 14.4. The maximum atomic E-state index is 12.1. The van der Waals surface area contributed by atoms with Crippen molar-refractivity contribution in [2.45, 2.75) is 18.9 Å². The van der Waals surface area contributed by atoms with Crippen LogP contribution in [0.1, 0.15) is 23.4 Å². The fourth-order valence-corrected chi connectivity index (χ4v) is 4.09. The Morgan fingerprint density at radius 2 is 1.95 bits per heavy atom. The van der Waals surface area contributed by atoms with Gasteiger partial charge in [0, 0.05) is 16.5 Å². The van der Waals surface area contributed by atoms with Gasteiger partial charge in [0.05, 0.1) is 11.5 Å². The number of rotatable bonds is 2. The monoisotopic (exact) mass is 327 g/mol.